The number of rotatable bonds is 3. The summed E-state index contributed by atoms with van der Waals surface area (Å²) < 4.78 is 80.9. The zero-order chi connectivity index (χ0) is 23.1. The van der Waals surface area contributed by atoms with Gasteiger partial charge in [0.1, 0.15) is 22.6 Å². The fraction of sp³-hybridized carbons (Fsp3) is 0.211. The van der Waals surface area contributed by atoms with Crippen molar-refractivity contribution in [2.24, 2.45) is 7.05 Å². The van der Waals surface area contributed by atoms with Gasteiger partial charge in [-0.15, -0.1) is 0 Å². The van der Waals surface area contributed by atoms with Crippen molar-refractivity contribution in [1.29, 1.82) is 0 Å². The van der Waals surface area contributed by atoms with E-state index < -0.39 is 40.9 Å². The molecule has 0 aliphatic rings. The Morgan fingerprint density at radius 1 is 1.06 bits per heavy atom. The maximum Gasteiger partial charge on any atom is 0.433 e. The molecule has 3 rings (SSSR count). The van der Waals surface area contributed by atoms with Crippen LogP contribution in [0.5, 0.6) is 0 Å². The summed E-state index contributed by atoms with van der Waals surface area (Å²) in [5.41, 5.74) is -3.84. The highest BCUT2D eigenvalue weighted by atomic mass is 35.5. The summed E-state index contributed by atoms with van der Waals surface area (Å²) >= 11 is 6.09. The molecular formula is C19H13ClF6N4O. The van der Waals surface area contributed by atoms with Gasteiger partial charge in [-0.2, -0.15) is 31.4 Å². The summed E-state index contributed by atoms with van der Waals surface area (Å²) in [6.07, 6.45) is -9.01. The number of benzene rings is 1. The minimum atomic E-state index is -5.00. The van der Waals surface area contributed by atoms with Crippen LogP contribution >= 0.6 is 11.6 Å². The van der Waals surface area contributed by atoms with Crippen LogP contribution in [0, 0.1) is 6.92 Å². The zero-order valence-corrected chi connectivity index (χ0v) is 16.6. The molecule has 0 radical (unpaired) electrons. The third-order valence-corrected chi connectivity index (χ3v) is 4.55. The van der Waals surface area contributed by atoms with Crippen LogP contribution in [-0.4, -0.2) is 20.7 Å². The second-order valence-electron chi connectivity index (χ2n) is 6.56. The van der Waals surface area contributed by atoms with Gasteiger partial charge in [-0.05, 0) is 30.7 Å². The van der Waals surface area contributed by atoms with Crippen molar-refractivity contribution >= 4 is 23.2 Å². The smallest absolute Gasteiger partial charge is 0.321 e. The molecular weight excluding hydrogens is 450 g/mol. The molecule has 0 fully saturated rings. The van der Waals surface area contributed by atoms with E-state index in [0.717, 1.165) is 19.3 Å². The molecule has 0 atom stereocenters. The molecule has 0 saturated carbocycles. The number of anilines is 1. The Labute approximate surface area is 176 Å². The molecule has 2 aromatic heterocycles. The van der Waals surface area contributed by atoms with Crippen molar-refractivity contribution in [2.75, 3.05) is 5.32 Å². The Kier molecular flexibility index (Phi) is 5.74. The van der Waals surface area contributed by atoms with Crippen molar-refractivity contribution in [3.63, 3.8) is 0 Å². The number of hydrogen-bond donors (Lipinski definition) is 1. The van der Waals surface area contributed by atoms with Crippen molar-refractivity contribution in [2.45, 2.75) is 19.3 Å². The number of amides is 1. The Balaban J connectivity index is 2.09. The molecule has 2 heterocycles. The van der Waals surface area contributed by atoms with E-state index in [9.17, 15) is 31.1 Å². The predicted molar refractivity (Wildman–Crippen MR) is 101 cm³/mol. The molecule has 0 bridgehead atoms. The van der Waals surface area contributed by atoms with E-state index in [0.29, 0.717) is 16.3 Å². The zero-order valence-electron chi connectivity index (χ0n) is 15.9. The van der Waals surface area contributed by atoms with Crippen molar-refractivity contribution in [3.8, 4) is 11.3 Å². The number of aromatic nitrogens is 3. The van der Waals surface area contributed by atoms with Crippen LogP contribution in [0.3, 0.4) is 0 Å². The van der Waals surface area contributed by atoms with Gasteiger partial charge in [0.2, 0.25) is 0 Å². The molecule has 1 aromatic carbocycles. The summed E-state index contributed by atoms with van der Waals surface area (Å²) in [6.45, 7) is 1.70. The molecule has 0 aliphatic carbocycles. The molecule has 31 heavy (non-hydrogen) atoms. The molecule has 0 aliphatic heterocycles. The quantitative estimate of drug-likeness (QED) is 0.505. The number of halogens is 7. The van der Waals surface area contributed by atoms with E-state index >= 15 is 0 Å². The Bertz CT molecular complexity index is 1150. The SMILES string of the molecule is Cc1ccc(-c2nn(C)c(C(=O)Nc3ccnc(C(F)(F)F)c3)c2C(F)(F)F)c(Cl)c1. The Hall–Kier alpha value is -3.08. The summed E-state index contributed by atoms with van der Waals surface area (Å²) in [6, 6.07) is 5.86. The third kappa shape index (κ3) is 4.66. The van der Waals surface area contributed by atoms with Crippen LogP contribution in [0.25, 0.3) is 11.3 Å². The fourth-order valence-corrected chi connectivity index (χ4v) is 3.23. The number of carbonyl (C=O) groups is 1. The Morgan fingerprint density at radius 2 is 1.74 bits per heavy atom. The molecule has 12 heteroatoms. The van der Waals surface area contributed by atoms with Gasteiger partial charge in [0.15, 0.2) is 0 Å². The standard InChI is InChI=1S/C19H13ClF6N4O/c1-9-3-4-11(12(20)7-9)15-14(19(24,25)26)16(30(2)29-15)17(31)28-10-5-6-27-13(8-10)18(21,22)23/h3-8H,1-2H3,(H,27,28,31). The number of pyridine rings is 1. The number of nitrogens with zero attached hydrogens (tertiary/aromatic N) is 3. The average Bonchev–Trinajstić information content (AvgIpc) is 2.98. The molecule has 0 saturated heterocycles. The van der Waals surface area contributed by atoms with E-state index in [4.69, 9.17) is 11.6 Å². The van der Waals surface area contributed by atoms with Gasteiger partial charge in [-0.1, -0.05) is 23.7 Å². The minimum Gasteiger partial charge on any atom is -0.321 e. The van der Waals surface area contributed by atoms with Gasteiger partial charge in [-0.25, -0.2) is 0 Å². The van der Waals surface area contributed by atoms with Crippen molar-refractivity contribution in [3.05, 3.63) is 64.1 Å². The fourth-order valence-electron chi connectivity index (χ4n) is 2.91. The van der Waals surface area contributed by atoms with E-state index in [1.165, 1.54) is 18.2 Å². The van der Waals surface area contributed by atoms with Crippen LogP contribution in [0.15, 0.2) is 36.5 Å². The minimum absolute atomic E-state index is 0.000453. The Morgan fingerprint density at radius 3 is 2.32 bits per heavy atom. The van der Waals surface area contributed by atoms with Crippen molar-refractivity contribution < 1.29 is 31.1 Å². The second-order valence-corrected chi connectivity index (χ2v) is 6.97. The monoisotopic (exact) mass is 462 g/mol. The summed E-state index contributed by atoms with van der Waals surface area (Å²) in [5.74, 6) is -1.30. The molecule has 5 nitrogen and oxygen atoms in total. The number of carbonyl (C=O) groups excluding carboxylic acids is 1. The van der Waals surface area contributed by atoms with E-state index in [-0.39, 0.29) is 16.3 Å². The topological polar surface area (TPSA) is 59.8 Å². The highest BCUT2D eigenvalue weighted by Gasteiger charge is 2.42. The number of alkyl halides is 6. The maximum atomic E-state index is 13.9. The lowest BCUT2D eigenvalue weighted by molar-refractivity contribution is -0.141. The van der Waals surface area contributed by atoms with E-state index in [1.807, 2.05) is 5.32 Å². The number of aryl methyl sites for hydroxylation is 2. The first kappa shape index (κ1) is 22.6. The molecule has 164 valence electrons. The van der Waals surface area contributed by atoms with Crippen LogP contribution in [0.1, 0.15) is 27.3 Å². The predicted octanol–water partition coefficient (Wildman–Crippen LogP) is 5.73. The van der Waals surface area contributed by atoms with Gasteiger partial charge >= 0.3 is 12.4 Å². The van der Waals surface area contributed by atoms with Crippen LogP contribution in [0.4, 0.5) is 32.0 Å². The van der Waals surface area contributed by atoms with E-state index in [1.54, 1.807) is 6.92 Å². The third-order valence-electron chi connectivity index (χ3n) is 4.23. The first-order valence-corrected chi connectivity index (χ1v) is 8.92. The first-order chi connectivity index (χ1) is 14.3. The summed E-state index contributed by atoms with van der Waals surface area (Å²) in [7, 11) is 1.11. The van der Waals surface area contributed by atoms with Gasteiger partial charge in [0.25, 0.3) is 5.91 Å². The second kappa shape index (κ2) is 7.88. The highest BCUT2D eigenvalue weighted by molar-refractivity contribution is 6.33. The maximum absolute atomic E-state index is 13.9. The molecule has 0 unspecified atom stereocenters. The van der Waals surface area contributed by atoms with Crippen LogP contribution < -0.4 is 5.32 Å². The van der Waals surface area contributed by atoms with Gasteiger partial charge in [0, 0.05) is 24.5 Å². The van der Waals surface area contributed by atoms with Gasteiger partial charge in [0.05, 0.1) is 5.02 Å². The molecule has 3 aromatic rings. The lowest BCUT2D eigenvalue weighted by Gasteiger charge is -2.12. The molecule has 0 spiro atoms. The molecule has 1 N–H and O–H groups in total. The van der Waals surface area contributed by atoms with Gasteiger partial charge < -0.3 is 5.32 Å². The lowest BCUT2D eigenvalue weighted by Crippen LogP contribution is -2.21. The van der Waals surface area contributed by atoms with Crippen molar-refractivity contribution in [1.82, 2.24) is 14.8 Å². The van der Waals surface area contributed by atoms with Gasteiger partial charge in [-0.3, -0.25) is 14.5 Å². The molecule has 1 amide bonds. The average molecular weight is 463 g/mol. The number of nitrogens with one attached hydrogen (secondary N) is 1. The normalized spacial score (nSPS) is 12.2. The lowest BCUT2D eigenvalue weighted by atomic mass is 10.0. The first-order valence-electron chi connectivity index (χ1n) is 8.54. The highest BCUT2D eigenvalue weighted by Crippen LogP contribution is 2.41. The van der Waals surface area contributed by atoms with Crippen LogP contribution in [0.2, 0.25) is 5.02 Å². The van der Waals surface area contributed by atoms with E-state index in [2.05, 4.69) is 10.1 Å². The van der Waals surface area contributed by atoms with Crippen LogP contribution in [-0.2, 0) is 19.4 Å². The summed E-state index contributed by atoms with van der Waals surface area (Å²) in [4.78, 5) is 15.8. The number of hydrogen-bond acceptors (Lipinski definition) is 3. The largest absolute Gasteiger partial charge is 0.433 e. The summed E-state index contributed by atoms with van der Waals surface area (Å²) in [5, 5.41) is 5.86.